The lowest BCUT2D eigenvalue weighted by atomic mass is 9.88. The van der Waals surface area contributed by atoms with Gasteiger partial charge in [0.25, 0.3) is 0 Å². The number of hydrogen-bond donors (Lipinski definition) is 0. The first-order valence-electron chi connectivity index (χ1n) is 10.8. The van der Waals surface area contributed by atoms with Gasteiger partial charge in [0.15, 0.2) is 5.82 Å². The number of aromatic nitrogens is 3. The summed E-state index contributed by atoms with van der Waals surface area (Å²) in [6.45, 7) is 5.36. The summed E-state index contributed by atoms with van der Waals surface area (Å²) in [5.74, 6) is 1.18. The van der Waals surface area contributed by atoms with Crippen LogP contribution in [0, 0.1) is 6.92 Å². The van der Waals surface area contributed by atoms with Gasteiger partial charge in [0.2, 0.25) is 0 Å². The van der Waals surface area contributed by atoms with E-state index >= 15 is 0 Å². The average molecular weight is 427 g/mol. The van der Waals surface area contributed by atoms with E-state index in [4.69, 9.17) is 9.97 Å². The second-order valence-corrected chi connectivity index (χ2v) is 9.03. The summed E-state index contributed by atoms with van der Waals surface area (Å²) in [6.07, 6.45) is 7.98. The van der Waals surface area contributed by atoms with E-state index in [0.29, 0.717) is 5.92 Å². The molecule has 0 saturated carbocycles. The molecule has 0 amide bonds. The van der Waals surface area contributed by atoms with Gasteiger partial charge in [0.1, 0.15) is 0 Å². The molecule has 31 heavy (non-hydrogen) atoms. The van der Waals surface area contributed by atoms with Gasteiger partial charge < -0.3 is 0 Å². The van der Waals surface area contributed by atoms with E-state index in [-0.39, 0.29) is 0 Å². The van der Waals surface area contributed by atoms with Crippen LogP contribution in [0.1, 0.15) is 35.6 Å². The third-order valence-electron chi connectivity index (χ3n) is 6.07. The van der Waals surface area contributed by atoms with Crippen LogP contribution in [0.4, 0.5) is 0 Å². The summed E-state index contributed by atoms with van der Waals surface area (Å²) >= 11 is 1.77. The molecular formula is C26H26N4S. The Kier molecular flexibility index (Phi) is 5.87. The molecule has 156 valence electrons. The van der Waals surface area contributed by atoms with E-state index in [2.05, 4.69) is 57.9 Å². The Morgan fingerprint density at radius 3 is 2.74 bits per heavy atom. The molecular weight excluding hydrogens is 400 g/mol. The number of hydrogen-bond acceptors (Lipinski definition) is 5. The standard InChI is InChI=1S/C26H26N4S/c1-19-5-2-3-7-23(19)24-15-28-26(21-8-11-27-12-9-21)29-25(24)22-6-4-13-30(17-22)16-20-10-14-31-18-20/h2-3,5,7-12,14-15,18,22H,4,6,13,16-17H2,1H3. The molecule has 3 aromatic heterocycles. The highest BCUT2D eigenvalue weighted by Gasteiger charge is 2.26. The molecule has 0 N–H and O–H groups in total. The van der Waals surface area contributed by atoms with Crippen molar-refractivity contribution in [3.05, 3.63) is 88.6 Å². The third kappa shape index (κ3) is 4.43. The zero-order valence-corrected chi connectivity index (χ0v) is 18.6. The molecule has 0 radical (unpaired) electrons. The molecule has 4 nitrogen and oxygen atoms in total. The zero-order chi connectivity index (χ0) is 21.0. The highest BCUT2D eigenvalue weighted by Crippen LogP contribution is 2.35. The SMILES string of the molecule is Cc1ccccc1-c1cnc(-c2ccncc2)nc1C1CCCN(Cc2ccsc2)C1. The van der Waals surface area contributed by atoms with Crippen molar-refractivity contribution in [3.63, 3.8) is 0 Å². The van der Waals surface area contributed by atoms with Crippen molar-refractivity contribution < 1.29 is 0 Å². The second-order valence-electron chi connectivity index (χ2n) is 8.25. The van der Waals surface area contributed by atoms with E-state index in [1.165, 1.54) is 34.4 Å². The van der Waals surface area contributed by atoms with Crippen LogP contribution in [0.15, 0.2) is 71.8 Å². The Morgan fingerprint density at radius 1 is 1.06 bits per heavy atom. The Morgan fingerprint density at radius 2 is 1.94 bits per heavy atom. The summed E-state index contributed by atoms with van der Waals surface area (Å²) in [5.41, 5.74) is 7.25. The van der Waals surface area contributed by atoms with Crippen LogP contribution in [0.3, 0.4) is 0 Å². The van der Waals surface area contributed by atoms with Gasteiger partial charge in [0, 0.05) is 48.7 Å². The first-order valence-corrected chi connectivity index (χ1v) is 11.8. The molecule has 1 aliphatic heterocycles. The van der Waals surface area contributed by atoms with Gasteiger partial charge >= 0.3 is 0 Å². The van der Waals surface area contributed by atoms with Gasteiger partial charge in [-0.25, -0.2) is 9.97 Å². The van der Waals surface area contributed by atoms with E-state index < -0.39 is 0 Å². The number of nitrogens with zero attached hydrogens (tertiary/aromatic N) is 4. The van der Waals surface area contributed by atoms with Crippen molar-refractivity contribution in [1.82, 2.24) is 19.9 Å². The Balaban J connectivity index is 1.53. The van der Waals surface area contributed by atoms with E-state index in [9.17, 15) is 0 Å². The quantitative estimate of drug-likeness (QED) is 0.395. The normalized spacial score (nSPS) is 17.0. The van der Waals surface area contributed by atoms with Gasteiger partial charge in [-0.05, 0) is 72.0 Å². The van der Waals surface area contributed by atoms with Crippen LogP contribution in [0.5, 0.6) is 0 Å². The molecule has 4 heterocycles. The van der Waals surface area contributed by atoms with Crippen LogP contribution in [0.2, 0.25) is 0 Å². The molecule has 0 bridgehead atoms. The molecule has 1 unspecified atom stereocenters. The highest BCUT2D eigenvalue weighted by atomic mass is 32.1. The largest absolute Gasteiger partial charge is 0.298 e. The van der Waals surface area contributed by atoms with E-state index in [0.717, 1.165) is 37.4 Å². The number of aryl methyl sites for hydroxylation is 1. The highest BCUT2D eigenvalue weighted by molar-refractivity contribution is 7.07. The summed E-state index contributed by atoms with van der Waals surface area (Å²) in [7, 11) is 0. The second kappa shape index (κ2) is 9.08. The van der Waals surface area contributed by atoms with E-state index in [1.807, 2.05) is 18.3 Å². The zero-order valence-electron chi connectivity index (χ0n) is 17.7. The first-order chi connectivity index (χ1) is 15.3. The Bertz CT molecular complexity index is 1140. The van der Waals surface area contributed by atoms with Crippen molar-refractivity contribution in [2.24, 2.45) is 0 Å². The maximum Gasteiger partial charge on any atom is 0.159 e. The van der Waals surface area contributed by atoms with Gasteiger partial charge in [0.05, 0.1) is 5.69 Å². The summed E-state index contributed by atoms with van der Waals surface area (Å²) < 4.78 is 0. The number of piperidine rings is 1. The Hall–Kier alpha value is -2.89. The first kappa shape index (κ1) is 20.0. The van der Waals surface area contributed by atoms with Crippen LogP contribution in [-0.4, -0.2) is 32.9 Å². The third-order valence-corrected chi connectivity index (χ3v) is 6.80. The van der Waals surface area contributed by atoms with Crippen LogP contribution in [0.25, 0.3) is 22.5 Å². The monoisotopic (exact) mass is 426 g/mol. The fourth-order valence-electron chi connectivity index (χ4n) is 4.49. The predicted octanol–water partition coefficient (Wildman–Crippen LogP) is 5.96. The maximum absolute atomic E-state index is 5.15. The average Bonchev–Trinajstić information content (AvgIpc) is 3.33. The minimum Gasteiger partial charge on any atom is -0.298 e. The molecule has 5 heteroatoms. The molecule has 1 aromatic carbocycles. The predicted molar refractivity (Wildman–Crippen MR) is 127 cm³/mol. The number of thiophene rings is 1. The fraction of sp³-hybridized carbons (Fsp3) is 0.269. The van der Waals surface area contributed by atoms with Gasteiger partial charge in [-0.3, -0.25) is 9.88 Å². The number of likely N-dealkylation sites (tertiary alicyclic amines) is 1. The van der Waals surface area contributed by atoms with Gasteiger partial charge in [-0.15, -0.1) is 0 Å². The lowest BCUT2D eigenvalue weighted by Gasteiger charge is -2.33. The minimum atomic E-state index is 0.394. The van der Waals surface area contributed by atoms with Crippen molar-refractivity contribution in [1.29, 1.82) is 0 Å². The molecule has 4 aromatic rings. The summed E-state index contributed by atoms with van der Waals surface area (Å²) in [5, 5.41) is 4.42. The minimum absolute atomic E-state index is 0.394. The van der Waals surface area contributed by atoms with Crippen molar-refractivity contribution in [2.45, 2.75) is 32.2 Å². The van der Waals surface area contributed by atoms with E-state index in [1.54, 1.807) is 23.7 Å². The number of benzene rings is 1. The lowest BCUT2D eigenvalue weighted by Crippen LogP contribution is -2.34. The smallest absolute Gasteiger partial charge is 0.159 e. The summed E-state index contributed by atoms with van der Waals surface area (Å²) in [4.78, 5) is 16.6. The van der Waals surface area contributed by atoms with Crippen LogP contribution >= 0.6 is 11.3 Å². The topological polar surface area (TPSA) is 41.9 Å². The molecule has 5 rings (SSSR count). The van der Waals surface area contributed by atoms with Crippen LogP contribution < -0.4 is 0 Å². The molecule has 0 spiro atoms. The fourth-order valence-corrected chi connectivity index (χ4v) is 5.15. The molecule has 1 atom stereocenters. The molecule has 1 saturated heterocycles. The molecule has 0 aliphatic carbocycles. The number of pyridine rings is 1. The van der Waals surface area contributed by atoms with Gasteiger partial charge in [-0.1, -0.05) is 24.3 Å². The van der Waals surface area contributed by atoms with Crippen LogP contribution in [-0.2, 0) is 6.54 Å². The lowest BCUT2D eigenvalue weighted by molar-refractivity contribution is 0.199. The number of rotatable bonds is 5. The Labute approximate surface area is 187 Å². The molecule has 1 aliphatic rings. The molecule has 1 fully saturated rings. The van der Waals surface area contributed by atoms with Crippen molar-refractivity contribution in [2.75, 3.05) is 13.1 Å². The van der Waals surface area contributed by atoms with Crippen molar-refractivity contribution in [3.8, 4) is 22.5 Å². The summed E-state index contributed by atoms with van der Waals surface area (Å²) in [6, 6.07) is 14.8. The van der Waals surface area contributed by atoms with Crippen molar-refractivity contribution >= 4 is 11.3 Å². The van der Waals surface area contributed by atoms with Gasteiger partial charge in [-0.2, -0.15) is 11.3 Å². The maximum atomic E-state index is 5.15.